The summed E-state index contributed by atoms with van der Waals surface area (Å²) in [4.78, 5) is 42.6. The Morgan fingerprint density at radius 3 is 2.75 bits per heavy atom. The second kappa shape index (κ2) is 7.63. The highest BCUT2D eigenvalue weighted by molar-refractivity contribution is 6.06. The van der Waals surface area contributed by atoms with Crippen LogP contribution in [0.1, 0.15) is 19.4 Å². The molecule has 0 saturated carbocycles. The van der Waals surface area contributed by atoms with Crippen molar-refractivity contribution in [3.63, 3.8) is 0 Å². The van der Waals surface area contributed by atoms with Crippen LogP contribution in [0.25, 0.3) is 0 Å². The number of hydrogen-bond donors (Lipinski definition) is 0. The minimum absolute atomic E-state index is 0.0223. The number of likely N-dealkylation sites (N-methyl/N-ethyl adjacent to an activating group) is 1. The zero-order valence-corrected chi connectivity index (χ0v) is 15.8. The summed E-state index contributed by atoms with van der Waals surface area (Å²) < 4.78 is 5.48. The second-order valence-corrected chi connectivity index (χ2v) is 6.41. The molecule has 0 N–H and O–H groups in total. The van der Waals surface area contributed by atoms with Crippen molar-refractivity contribution in [2.24, 2.45) is 0 Å². The molecule has 0 spiro atoms. The summed E-state index contributed by atoms with van der Waals surface area (Å²) in [6.45, 7) is 5.43. The standard InChI is InChI=1S/C19H20N4O5/c1-4-21(14-7-5-6-12(2)10-14)17(24)11-22-18-15(28-13(3)19(22)25)8-9-16(20-18)23(26)27/h5-10,13H,4,11H2,1-3H3. The Labute approximate surface area is 161 Å². The van der Waals surface area contributed by atoms with Gasteiger partial charge in [-0.1, -0.05) is 12.1 Å². The maximum atomic E-state index is 13.0. The maximum absolute atomic E-state index is 13.0. The molecule has 2 aromatic rings. The molecule has 1 aromatic carbocycles. The lowest BCUT2D eigenvalue weighted by molar-refractivity contribution is -0.389. The minimum Gasteiger partial charge on any atom is -0.475 e. The first-order valence-corrected chi connectivity index (χ1v) is 8.82. The largest absolute Gasteiger partial charge is 0.475 e. The van der Waals surface area contributed by atoms with Crippen LogP contribution < -0.4 is 14.5 Å². The number of ether oxygens (including phenoxy) is 1. The molecule has 146 valence electrons. The van der Waals surface area contributed by atoms with Gasteiger partial charge >= 0.3 is 5.82 Å². The molecule has 0 fully saturated rings. The average molecular weight is 384 g/mol. The van der Waals surface area contributed by atoms with Gasteiger partial charge in [0, 0.05) is 18.3 Å². The Morgan fingerprint density at radius 1 is 1.36 bits per heavy atom. The zero-order chi connectivity index (χ0) is 20.4. The van der Waals surface area contributed by atoms with E-state index in [-0.39, 0.29) is 24.0 Å². The van der Waals surface area contributed by atoms with Crippen LogP contribution in [0.2, 0.25) is 0 Å². The van der Waals surface area contributed by atoms with Crippen LogP contribution in [-0.2, 0) is 9.59 Å². The Hall–Kier alpha value is -3.49. The molecule has 2 amide bonds. The average Bonchev–Trinajstić information content (AvgIpc) is 2.65. The molecule has 1 aliphatic rings. The van der Waals surface area contributed by atoms with Crippen LogP contribution >= 0.6 is 0 Å². The van der Waals surface area contributed by atoms with Gasteiger partial charge in [-0.2, -0.15) is 0 Å². The highest BCUT2D eigenvalue weighted by Gasteiger charge is 2.38. The molecular weight excluding hydrogens is 364 g/mol. The fraction of sp³-hybridized carbons (Fsp3) is 0.316. The molecule has 1 aromatic heterocycles. The Kier molecular flexibility index (Phi) is 5.25. The number of anilines is 2. The number of hydrogen-bond acceptors (Lipinski definition) is 6. The van der Waals surface area contributed by atoms with Gasteiger partial charge in [0.15, 0.2) is 11.9 Å². The van der Waals surface area contributed by atoms with E-state index in [1.165, 1.54) is 12.1 Å². The van der Waals surface area contributed by atoms with E-state index in [0.717, 1.165) is 10.5 Å². The number of aryl methyl sites for hydroxylation is 1. The molecule has 0 aliphatic carbocycles. The molecule has 0 bridgehead atoms. The molecule has 1 aliphatic heterocycles. The lowest BCUT2D eigenvalue weighted by Gasteiger charge is -2.31. The predicted octanol–water partition coefficient (Wildman–Crippen LogP) is 2.47. The van der Waals surface area contributed by atoms with Crippen LogP contribution in [0, 0.1) is 17.0 Å². The van der Waals surface area contributed by atoms with E-state index in [9.17, 15) is 19.7 Å². The van der Waals surface area contributed by atoms with Gasteiger partial charge in [0.2, 0.25) is 5.91 Å². The molecule has 3 rings (SSSR count). The highest BCUT2D eigenvalue weighted by atomic mass is 16.6. The minimum atomic E-state index is -0.822. The topological polar surface area (TPSA) is 106 Å². The molecule has 0 radical (unpaired) electrons. The summed E-state index contributed by atoms with van der Waals surface area (Å²) in [5, 5.41) is 11.1. The van der Waals surface area contributed by atoms with Crippen LogP contribution in [0.3, 0.4) is 0 Å². The fourth-order valence-corrected chi connectivity index (χ4v) is 3.05. The predicted molar refractivity (Wildman–Crippen MR) is 103 cm³/mol. The Balaban J connectivity index is 1.94. The first-order valence-electron chi connectivity index (χ1n) is 8.82. The highest BCUT2D eigenvalue weighted by Crippen LogP contribution is 2.34. The summed E-state index contributed by atoms with van der Waals surface area (Å²) in [6.07, 6.45) is -0.822. The molecule has 28 heavy (non-hydrogen) atoms. The molecule has 9 nitrogen and oxygen atoms in total. The van der Waals surface area contributed by atoms with E-state index in [0.29, 0.717) is 12.2 Å². The third kappa shape index (κ3) is 3.64. The van der Waals surface area contributed by atoms with Crippen molar-refractivity contribution in [2.75, 3.05) is 22.9 Å². The fourth-order valence-electron chi connectivity index (χ4n) is 3.05. The summed E-state index contributed by atoms with van der Waals surface area (Å²) in [5.41, 5.74) is 1.72. The number of carbonyl (C=O) groups excluding carboxylic acids is 2. The zero-order valence-electron chi connectivity index (χ0n) is 15.8. The van der Waals surface area contributed by atoms with Gasteiger partial charge in [-0.05, 0) is 54.4 Å². The molecule has 0 saturated heterocycles. The van der Waals surface area contributed by atoms with Crippen molar-refractivity contribution in [1.82, 2.24) is 4.98 Å². The van der Waals surface area contributed by atoms with E-state index >= 15 is 0 Å². The van der Waals surface area contributed by atoms with Gasteiger partial charge in [0.25, 0.3) is 11.7 Å². The van der Waals surface area contributed by atoms with Crippen molar-refractivity contribution in [3.05, 3.63) is 52.1 Å². The normalized spacial score (nSPS) is 15.6. The van der Waals surface area contributed by atoms with Gasteiger partial charge < -0.3 is 19.8 Å². The quantitative estimate of drug-likeness (QED) is 0.579. The summed E-state index contributed by atoms with van der Waals surface area (Å²) in [5.74, 6) is -1.02. The summed E-state index contributed by atoms with van der Waals surface area (Å²) in [7, 11) is 0. The van der Waals surface area contributed by atoms with E-state index < -0.39 is 22.8 Å². The van der Waals surface area contributed by atoms with E-state index in [4.69, 9.17) is 4.74 Å². The van der Waals surface area contributed by atoms with Crippen molar-refractivity contribution in [3.8, 4) is 5.75 Å². The number of amides is 2. The smallest absolute Gasteiger partial charge is 0.366 e. The van der Waals surface area contributed by atoms with Gasteiger partial charge in [-0.25, -0.2) is 0 Å². The molecule has 1 unspecified atom stereocenters. The Bertz CT molecular complexity index is 946. The number of carbonyl (C=O) groups is 2. The first kappa shape index (κ1) is 19.3. The number of nitrogens with zero attached hydrogens (tertiary/aromatic N) is 4. The van der Waals surface area contributed by atoms with Crippen LogP contribution in [0.15, 0.2) is 36.4 Å². The van der Waals surface area contributed by atoms with Gasteiger partial charge in [0.1, 0.15) is 6.54 Å². The van der Waals surface area contributed by atoms with E-state index in [1.54, 1.807) is 11.8 Å². The van der Waals surface area contributed by atoms with Gasteiger partial charge in [-0.3, -0.25) is 14.5 Å². The molecule has 2 heterocycles. The van der Waals surface area contributed by atoms with Crippen LogP contribution in [0.5, 0.6) is 5.75 Å². The number of aromatic nitrogens is 1. The summed E-state index contributed by atoms with van der Waals surface area (Å²) >= 11 is 0. The molecule has 9 heteroatoms. The second-order valence-electron chi connectivity index (χ2n) is 6.41. The lowest BCUT2D eigenvalue weighted by atomic mass is 10.2. The third-order valence-electron chi connectivity index (χ3n) is 4.41. The monoisotopic (exact) mass is 384 g/mol. The number of fused-ring (bicyclic) bond motifs is 1. The number of rotatable bonds is 5. The van der Waals surface area contributed by atoms with Gasteiger partial charge in [0.05, 0.1) is 0 Å². The lowest BCUT2D eigenvalue weighted by Crippen LogP contribution is -2.50. The van der Waals surface area contributed by atoms with Crippen molar-refractivity contribution >= 4 is 29.1 Å². The number of benzene rings is 1. The van der Waals surface area contributed by atoms with Crippen LogP contribution in [-0.4, -0.2) is 40.9 Å². The maximum Gasteiger partial charge on any atom is 0.366 e. The SMILES string of the molecule is CCN(C(=O)CN1C(=O)C(C)Oc2ccc([N+](=O)[O-])nc21)c1cccc(C)c1. The Morgan fingerprint density at radius 2 is 2.11 bits per heavy atom. The van der Waals surface area contributed by atoms with Crippen LogP contribution in [0.4, 0.5) is 17.3 Å². The van der Waals surface area contributed by atoms with Gasteiger partial charge in [-0.15, -0.1) is 0 Å². The third-order valence-corrected chi connectivity index (χ3v) is 4.41. The number of pyridine rings is 1. The first-order chi connectivity index (χ1) is 13.3. The van der Waals surface area contributed by atoms with Crippen molar-refractivity contribution in [1.29, 1.82) is 0 Å². The van der Waals surface area contributed by atoms with Crippen molar-refractivity contribution in [2.45, 2.75) is 26.9 Å². The molecular formula is C19H20N4O5. The molecule has 1 atom stereocenters. The van der Waals surface area contributed by atoms with E-state index in [2.05, 4.69) is 4.98 Å². The number of nitro groups is 1. The van der Waals surface area contributed by atoms with Crippen molar-refractivity contribution < 1.29 is 19.2 Å². The van der Waals surface area contributed by atoms with E-state index in [1.807, 2.05) is 38.1 Å². The summed E-state index contributed by atoms with van der Waals surface area (Å²) in [6, 6.07) is 10.1.